The summed E-state index contributed by atoms with van der Waals surface area (Å²) >= 11 is 0. The van der Waals surface area contributed by atoms with Gasteiger partial charge in [-0.25, -0.2) is 0 Å². The molecule has 4 rings (SSSR count). The third-order valence-electron chi connectivity index (χ3n) is 3.77. The van der Waals surface area contributed by atoms with Gasteiger partial charge in [0, 0.05) is 5.39 Å². The lowest BCUT2D eigenvalue weighted by molar-refractivity contribution is 0.484. The van der Waals surface area contributed by atoms with E-state index in [0.717, 1.165) is 26.9 Å². The molecule has 0 amide bonds. The zero-order valence-electron chi connectivity index (χ0n) is 10.8. The van der Waals surface area contributed by atoms with Gasteiger partial charge in [0.1, 0.15) is 4.90 Å². The van der Waals surface area contributed by atoms with Crippen molar-refractivity contribution in [3.63, 3.8) is 0 Å². The predicted molar refractivity (Wildman–Crippen MR) is 87.2 cm³/mol. The number of halogens is 1. The van der Waals surface area contributed by atoms with Crippen LogP contribution in [0.5, 0.6) is 0 Å². The Kier molecular flexibility index (Phi) is 3.06. The standard InChI is InChI=1S/C16H10O3S.ClH/c17-20(18,19)14-9-7-12-5-4-10-2-1-3-11-6-8-13(14)16(12)15(10)11;/h1-9H,(H,17,18,19);1H. The molecule has 0 aromatic heterocycles. The van der Waals surface area contributed by atoms with Crippen molar-refractivity contribution in [1.29, 1.82) is 0 Å². The van der Waals surface area contributed by atoms with Crippen molar-refractivity contribution in [2.45, 2.75) is 4.90 Å². The van der Waals surface area contributed by atoms with Crippen LogP contribution in [0.15, 0.2) is 59.5 Å². The Morgan fingerprint density at radius 3 is 1.86 bits per heavy atom. The first-order valence-corrected chi connectivity index (χ1v) is 7.64. The molecule has 1 N–H and O–H groups in total. The molecule has 0 bridgehead atoms. The molecule has 0 saturated carbocycles. The molecule has 0 aliphatic rings. The van der Waals surface area contributed by atoms with E-state index in [1.165, 1.54) is 6.07 Å². The summed E-state index contributed by atoms with van der Waals surface area (Å²) in [4.78, 5) is -0.0387. The summed E-state index contributed by atoms with van der Waals surface area (Å²) in [6.07, 6.45) is 0. The van der Waals surface area contributed by atoms with Gasteiger partial charge in [0.25, 0.3) is 10.1 Å². The van der Waals surface area contributed by atoms with E-state index in [1.807, 2.05) is 36.4 Å². The number of hydrogen-bond donors (Lipinski definition) is 1. The van der Waals surface area contributed by atoms with Crippen molar-refractivity contribution < 1.29 is 13.0 Å². The van der Waals surface area contributed by atoms with Crippen molar-refractivity contribution in [2.75, 3.05) is 0 Å². The Morgan fingerprint density at radius 2 is 1.24 bits per heavy atom. The first-order chi connectivity index (χ1) is 9.55. The van der Waals surface area contributed by atoms with E-state index in [2.05, 4.69) is 0 Å². The Bertz CT molecular complexity index is 1060. The minimum atomic E-state index is -4.23. The van der Waals surface area contributed by atoms with Crippen molar-refractivity contribution in [3.8, 4) is 0 Å². The second-order valence-electron chi connectivity index (χ2n) is 4.89. The second-order valence-corrected chi connectivity index (χ2v) is 6.28. The van der Waals surface area contributed by atoms with Crippen LogP contribution in [0.4, 0.5) is 0 Å². The molecule has 0 fully saturated rings. The highest BCUT2D eigenvalue weighted by atomic mass is 35.5. The monoisotopic (exact) mass is 318 g/mol. The van der Waals surface area contributed by atoms with Gasteiger partial charge in [0.05, 0.1) is 0 Å². The average molecular weight is 319 g/mol. The van der Waals surface area contributed by atoms with Crippen LogP contribution in [0.25, 0.3) is 32.3 Å². The summed E-state index contributed by atoms with van der Waals surface area (Å²) in [5.41, 5.74) is 0. The number of benzene rings is 4. The van der Waals surface area contributed by atoms with E-state index in [4.69, 9.17) is 0 Å². The maximum Gasteiger partial charge on any atom is 0.295 e. The van der Waals surface area contributed by atoms with Gasteiger partial charge in [-0.1, -0.05) is 48.5 Å². The molecule has 0 atom stereocenters. The van der Waals surface area contributed by atoms with Crippen molar-refractivity contribution >= 4 is 54.8 Å². The zero-order valence-corrected chi connectivity index (χ0v) is 12.4. The summed E-state index contributed by atoms with van der Waals surface area (Å²) < 4.78 is 32.5. The predicted octanol–water partition coefficient (Wildman–Crippen LogP) is 4.25. The van der Waals surface area contributed by atoms with Crippen molar-refractivity contribution in [1.82, 2.24) is 0 Å². The quantitative estimate of drug-likeness (QED) is 0.421. The van der Waals surface area contributed by atoms with E-state index in [0.29, 0.717) is 5.39 Å². The van der Waals surface area contributed by atoms with Crippen LogP contribution in [0.2, 0.25) is 0 Å². The zero-order chi connectivity index (χ0) is 13.9. The van der Waals surface area contributed by atoms with Gasteiger partial charge in [-0.15, -0.1) is 12.4 Å². The van der Waals surface area contributed by atoms with Gasteiger partial charge < -0.3 is 0 Å². The smallest absolute Gasteiger partial charge is 0.282 e. The van der Waals surface area contributed by atoms with E-state index >= 15 is 0 Å². The van der Waals surface area contributed by atoms with Gasteiger partial charge in [0.15, 0.2) is 0 Å². The fourth-order valence-corrected chi connectivity index (χ4v) is 3.62. The fourth-order valence-electron chi connectivity index (χ4n) is 2.93. The molecule has 0 saturated heterocycles. The third kappa shape index (κ3) is 1.95. The summed E-state index contributed by atoms with van der Waals surface area (Å²) in [7, 11) is -4.23. The SMILES string of the molecule is Cl.O=S(=O)(O)c1ccc2ccc3cccc4ccc1c2c34. The minimum absolute atomic E-state index is 0. The molecule has 106 valence electrons. The molecule has 3 nitrogen and oxygen atoms in total. The third-order valence-corrected chi connectivity index (χ3v) is 4.68. The molecular formula is C16H11ClO3S. The summed E-state index contributed by atoms with van der Waals surface area (Å²) in [6.45, 7) is 0. The largest absolute Gasteiger partial charge is 0.295 e. The van der Waals surface area contributed by atoms with E-state index in [9.17, 15) is 13.0 Å². The van der Waals surface area contributed by atoms with Gasteiger partial charge in [0.2, 0.25) is 0 Å². The Labute approximate surface area is 127 Å². The maximum atomic E-state index is 11.5. The van der Waals surface area contributed by atoms with Crippen molar-refractivity contribution in [2.24, 2.45) is 0 Å². The molecule has 4 aromatic carbocycles. The van der Waals surface area contributed by atoms with Crippen LogP contribution in [0, 0.1) is 0 Å². The first-order valence-electron chi connectivity index (χ1n) is 6.20. The molecule has 0 aliphatic carbocycles. The van der Waals surface area contributed by atoms with Gasteiger partial charge in [-0.05, 0) is 33.0 Å². The molecule has 0 aliphatic heterocycles. The lowest BCUT2D eigenvalue weighted by Crippen LogP contribution is -1.99. The average Bonchev–Trinajstić information content (AvgIpc) is 2.43. The fraction of sp³-hybridized carbons (Fsp3) is 0. The Balaban J connectivity index is 0.00000132. The molecule has 0 unspecified atom stereocenters. The van der Waals surface area contributed by atoms with Crippen LogP contribution < -0.4 is 0 Å². The molecule has 0 spiro atoms. The van der Waals surface area contributed by atoms with Gasteiger partial charge in [-0.2, -0.15) is 8.42 Å². The van der Waals surface area contributed by atoms with Crippen LogP contribution in [0.3, 0.4) is 0 Å². The molecule has 4 aromatic rings. The van der Waals surface area contributed by atoms with Crippen LogP contribution in [0.1, 0.15) is 0 Å². The van der Waals surface area contributed by atoms with Crippen LogP contribution in [-0.2, 0) is 10.1 Å². The highest BCUT2D eigenvalue weighted by Gasteiger charge is 2.17. The van der Waals surface area contributed by atoms with E-state index < -0.39 is 10.1 Å². The molecule has 5 heteroatoms. The Morgan fingerprint density at radius 1 is 0.714 bits per heavy atom. The molecule has 0 radical (unpaired) electrons. The lowest BCUT2D eigenvalue weighted by atomic mass is 9.94. The Hall–Kier alpha value is -1.88. The second kappa shape index (κ2) is 4.56. The van der Waals surface area contributed by atoms with Crippen LogP contribution >= 0.6 is 12.4 Å². The molecular weight excluding hydrogens is 308 g/mol. The normalized spacial score (nSPS) is 12.0. The topological polar surface area (TPSA) is 54.4 Å². The van der Waals surface area contributed by atoms with Crippen molar-refractivity contribution in [3.05, 3.63) is 54.6 Å². The van der Waals surface area contributed by atoms with E-state index in [1.54, 1.807) is 12.1 Å². The summed E-state index contributed by atoms with van der Waals surface area (Å²) in [5, 5.41) is 5.58. The summed E-state index contributed by atoms with van der Waals surface area (Å²) in [5.74, 6) is 0. The highest BCUT2D eigenvalue weighted by Crippen LogP contribution is 2.36. The van der Waals surface area contributed by atoms with Crippen LogP contribution in [-0.4, -0.2) is 13.0 Å². The molecule has 0 heterocycles. The maximum absolute atomic E-state index is 11.5. The summed E-state index contributed by atoms with van der Waals surface area (Å²) in [6, 6.07) is 16.8. The number of rotatable bonds is 1. The molecule has 21 heavy (non-hydrogen) atoms. The highest BCUT2D eigenvalue weighted by molar-refractivity contribution is 7.86. The first kappa shape index (κ1) is 14.1. The van der Waals surface area contributed by atoms with E-state index in [-0.39, 0.29) is 17.3 Å². The minimum Gasteiger partial charge on any atom is -0.282 e. The lowest BCUT2D eigenvalue weighted by Gasteiger charge is -2.12. The van der Waals surface area contributed by atoms with Gasteiger partial charge in [-0.3, -0.25) is 4.55 Å². The number of hydrogen-bond acceptors (Lipinski definition) is 2. The van der Waals surface area contributed by atoms with Gasteiger partial charge >= 0.3 is 0 Å².